The van der Waals surface area contributed by atoms with E-state index >= 15 is 0 Å². The van der Waals surface area contributed by atoms with Gasteiger partial charge < -0.3 is 9.80 Å². The number of likely N-dealkylation sites (tertiary alicyclic amines) is 1. The van der Waals surface area contributed by atoms with Crippen LogP contribution in [0.3, 0.4) is 0 Å². The number of piperidine rings is 1. The summed E-state index contributed by atoms with van der Waals surface area (Å²) in [4.78, 5) is 29.4. The molecule has 0 radical (unpaired) electrons. The number of amides is 2. The first kappa shape index (κ1) is 15.8. The van der Waals surface area contributed by atoms with Gasteiger partial charge in [-0.3, -0.25) is 9.59 Å². The number of hydrogen-bond acceptors (Lipinski definition) is 3. The van der Waals surface area contributed by atoms with Crippen molar-refractivity contribution >= 4 is 34.8 Å². The minimum absolute atomic E-state index is 0.0451. The van der Waals surface area contributed by atoms with Crippen LogP contribution in [-0.2, 0) is 16.1 Å². The van der Waals surface area contributed by atoms with Crippen LogP contribution in [0, 0.1) is 11.8 Å². The number of carbonyl (C=O) groups is 2. The van der Waals surface area contributed by atoms with Crippen molar-refractivity contribution in [2.75, 3.05) is 20.1 Å². The van der Waals surface area contributed by atoms with Gasteiger partial charge in [0.1, 0.15) is 0 Å². The molecule has 3 rings (SSSR count). The molecule has 0 unspecified atom stereocenters. The molecule has 2 fully saturated rings. The fourth-order valence-electron chi connectivity index (χ4n) is 3.00. The molecule has 0 N–H and O–H groups in total. The van der Waals surface area contributed by atoms with Crippen LogP contribution in [0.25, 0.3) is 0 Å². The van der Waals surface area contributed by atoms with Crippen LogP contribution >= 0.6 is 22.9 Å². The molecule has 1 aliphatic carbocycles. The Morgan fingerprint density at radius 2 is 1.91 bits per heavy atom. The highest BCUT2D eigenvalue weighted by Crippen LogP contribution is 2.32. The molecule has 0 spiro atoms. The highest BCUT2D eigenvalue weighted by molar-refractivity contribution is 7.16. The lowest BCUT2D eigenvalue weighted by Crippen LogP contribution is -2.43. The minimum Gasteiger partial charge on any atom is -0.342 e. The lowest BCUT2D eigenvalue weighted by atomic mass is 9.95. The summed E-state index contributed by atoms with van der Waals surface area (Å²) in [6.07, 6.45) is 3.66. The molecule has 22 heavy (non-hydrogen) atoms. The van der Waals surface area contributed by atoms with Gasteiger partial charge in [0.15, 0.2) is 0 Å². The van der Waals surface area contributed by atoms with Crippen LogP contribution in [-0.4, -0.2) is 41.8 Å². The molecule has 0 bridgehead atoms. The molecular weight excluding hydrogens is 320 g/mol. The topological polar surface area (TPSA) is 40.6 Å². The van der Waals surface area contributed by atoms with Crippen molar-refractivity contribution in [2.45, 2.75) is 32.2 Å². The van der Waals surface area contributed by atoms with Crippen molar-refractivity contribution in [3.8, 4) is 0 Å². The van der Waals surface area contributed by atoms with E-state index in [2.05, 4.69) is 0 Å². The Labute approximate surface area is 140 Å². The first-order chi connectivity index (χ1) is 10.5. The van der Waals surface area contributed by atoms with Gasteiger partial charge in [0, 0.05) is 36.9 Å². The third-order valence-corrected chi connectivity index (χ3v) is 5.70. The summed E-state index contributed by atoms with van der Waals surface area (Å²) in [5, 5.41) is 0. The average Bonchev–Trinajstić information content (AvgIpc) is 3.29. The zero-order valence-electron chi connectivity index (χ0n) is 12.8. The third kappa shape index (κ3) is 3.63. The van der Waals surface area contributed by atoms with Gasteiger partial charge in [0.2, 0.25) is 11.8 Å². The van der Waals surface area contributed by atoms with Crippen molar-refractivity contribution in [1.82, 2.24) is 9.80 Å². The van der Waals surface area contributed by atoms with E-state index < -0.39 is 0 Å². The molecule has 1 saturated heterocycles. The Morgan fingerprint density at radius 1 is 1.23 bits per heavy atom. The summed E-state index contributed by atoms with van der Waals surface area (Å²) < 4.78 is 0.753. The van der Waals surface area contributed by atoms with E-state index in [0.29, 0.717) is 12.5 Å². The second-order valence-corrected chi connectivity index (χ2v) is 8.07. The molecule has 4 nitrogen and oxygen atoms in total. The van der Waals surface area contributed by atoms with Crippen LogP contribution < -0.4 is 0 Å². The van der Waals surface area contributed by atoms with E-state index in [4.69, 9.17) is 11.6 Å². The van der Waals surface area contributed by atoms with Crippen LogP contribution in [0.5, 0.6) is 0 Å². The number of rotatable bonds is 4. The van der Waals surface area contributed by atoms with Gasteiger partial charge in [-0.25, -0.2) is 0 Å². The quantitative estimate of drug-likeness (QED) is 0.845. The summed E-state index contributed by atoms with van der Waals surface area (Å²) in [6, 6.07) is 3.83. The molecule has 6 heteroatoms. The van der Waals surface area contributed by atoms with Crippen LogP contribution in [0.4, 0.5) is 0 Å². The van der Waals surface area contributed by atoms with Gasteiger partial charge in [-0.05, 0) is 37.8 Å². The van der Waals surface area contributed by atoms with Crippen molar-refractivity contribution < 1.29 is 9.59 Å². The Bertz CT molecular complexity index is 562. The van der Waals surface area contributed by atoms with Crippen LogP contribution in [0.15, 0.2) is 12.1 Å². The van der Waals surface area contributed by atoms with Crippen molar-refractivity contribution in [3.63, 3.8) is 0 Å². The van der Waals surface area contributed by atoms with Gasteiger partial charge in [-0.15, -0.1) is 11.3 Å². The Kier molecular flexibility index (Phi) is 4.73. The largest absolute Gasteiger partial charge is 0.342 e. The number of carbonyl (C=O) groups excluding carboxylic acids is 2. The summed E-state index contributed by atoms with van der Waals surface area (Å²) >= 11 is 7.44. The van der Waals surface area contributed by atoms with Gasteiger partial charge in [-0.2, -0.15) is 0 Å². The molecule has 2 amide bonds. The van der Waals surface area contributed by atoms with Crippen molar-refractivity contribution in [1.29, 1.82) is 0 Å². The molecule has 2 heterocycles. The maximum atomic E-state index is 12.5. The van der Waals surface area contributed by atoms with Crippen molar-refractivity contribution in [3.05, 3.63) is 21.3 Å². The molecular formula is C16H21ClN2O2S. The number of hydrogen-bond donors (Lipinski definition) is 0. The molecule has 0 aromatic carbocycles. The van der Waals surface area contributed by atoms with Crippen molar-refractivity contribution in [2.24, 2.45) is 11.8 Å². The number of halogens is 1. The highest BCUT2D eigenvalue weighted by Gasteiger charge is 2.36. The smallest absolute Gasteiger partial charge is 0.225 e. The molecule has 120 valence electrons. The predicted molar refractivity (Wildman–Crippen MR) is 87.8 cm³/mol. The third-order valence-electron chi connectivity index (χ3n) is 4.48. The maximum Gasteiger partial charge on any atom is 0.225 e. The SMILES string of the molecule is CN(Cc1ccc(Cl)s1)C(=O)C1CCN(C(=O)C2CC2)CC1. The Morgan fingerprint density at radius 3 is 2.45 bits per heavy atom. The summed E-state index contributed by atoms with van der Waals surface area (Å²) in [7, 11) is 1.84. The maximum absolute atomic E-state index is 12.5. The summed E-state index contributed by atoms with van der Waals surface area (Å²) in [6.45, 7) is 2.06. The zero-order valence-corrected chi connectivity index (χ0v) is 14.3. The monoisotopic (exact) mass is 340 g/mol. The van der Waals surface area contributed by atoms with Crippen LogP contribution in [0.2, 0.25) is 4.34 Å². The zero-order chi connectivity index (χ0) is 15.7. The van der Waals surface area contributed by atoms with Gasteiger partial charge in [0.05, 0.1) is 10.9 Å². The molecule has 1 aliphatic heterocycles. The van der Waals surface area contributed by atoms with Gasteiger partial charge in [0.25, 0.3) is 0 Å². The number of thiophene rings is 1. The van der Waals surface area contributed by atoms with Gasteiger partial charge in [-0.1, -0.05) is 11.6 Å². The fourth-order valence-corrected chi connectivity index (χ4v) is 4.14. The Hall–Kier alpha value is -1.07. The first-order valence-corrected chi connectivity index (χ1v) is 9.02. The minimum atomic E-state index is 0.0451. The molecule has 1 aromatic heterocycles. The standard InChI is InChI=1S/C16H21ClN2O2S/c1-18(10-13-4-5-14(17)22-13)15(20)12-6-8-19(9-7-12)16(21)11-2-3-11/h4-5,11-12H,2-3,6-10H2,1H3. The van der Waals surface area contributed by atoms with E-state index in [1.54, 1.807) is 4.90 Å². The highest BCUT2D eigenvalue weighted by atomic mass is 35.5. The molecule has 2 aliphatic rings. The molecule has 0 atom stereocenters. The van der Waals surface area contributed by atoms with E-state index in [-0.39, 0.29) is 17.7 Å². The van der Waals surface area contributed by atoms with Gasteiger partial charge >= 0.3 is 0 Å². The Balaban J connectivity index is 1.49. The average molecular weight is 341 g/mol. The molecule has 1 saturated carbocycles. The predicted octanol–water partition coefficient (Wildman–Crippen LogP) is 3.01. The van der Waals surface area contributed by atoms with E-state index in [1.807, 2.05) is 24.1 Å². The van der Waals surface area contributed by atoms with E-state index in [1.165, 1.54) is 11.3 Å². The second kappa shape index (κ2) is 6.59. The van der Waals surface area contributed by atoms with E-state index in [9.17, 15) is 9.59 Å². The lowest BCUT2D eigenvalue weighted by molar-refractivity contribution is -0.140. The normalized spacial score (nSPS) is 19.3. The lowest BCUT2D eigenvalue weighted by Gasteiger charge is -2.33. The summed E-state index contributed by atoms with van der Waals surface area (Å²) in [5.41, 5.74) is 0. The second-order valence-electron chi connectivity index (χ2n) is 6.27. The fraction of sp³-hybridized carbons (Fsp3) is 0.625. The van der Waals surface area contributed by atoms with Crippen LogP contribution in [0.1, 0.15) is 30.6 Å². The van der Waals surface area contributed by atoms with E-state index in [0.717, 1.165) is 48.0 Å². The molecule has 1 aromatic rings. The summed E-state index contributed by atoms with van der Waals surface area (Å²) in [5.74, 6) is 0.803. The number of nitrogens with zero attached hydrogens (tertiary/aromatic N) is 2. The first-order valence-electron chi connectivity index (χ1n) is 7.82.